The van der Waals surface area contributed by atoms with E-state index in [-0.39, 0.29) is 24.3 Å². The van der Waals surface area contributed by atoms with Gasteiger partial charge in [-0.15, -0.1) is 0 Å². The lowest BCUT2D eigenvalue weighted by Gasteiger charge is -2.24. The fraction of sp³-hybridized carbons (Fsp3) is 0.182. The number of hydrogen-bond acceptors (Lipinski definition) is 6. The van der Waals surface area contributed by atoms with E-state index in [0.29, 0.717) is 28.4 Å². The van der Waals surface area contributed by atoms with Gasteiger partial charge >= 0.3 is 0 Å². The number of sulfonamides is 1. The zero-order chi connectivity index (χ0) is 23.6. The molecule has 0 saturated carbocycles. The molecule has 4 rings (SSSR count). The Kier molecular flexibility index (Phi) is 6.05. The van der Waals surface area contributed by atoms with Crippen molar-refractivity contribution in [2.75, 3.05) is 12.8 Å². The number of nitrogens with zero attached hydrogens (tertiary/aromatic N) is 4. The highest BCUT2D eigenvalue weighted by Crippen LogP contribution is 2.22. The summed E-state index contributed by atoms with van der Waals surface area (Å²) in [5, 5.41) is 7.67. The minimum absolute atomic E-state index is 0.0129. The van der Waals surface area contributed by atoms with E-state index in [1.54, 1.807) is 35.2 Å². The zero-order valence-electron chi connectivity index (χ0n) is 17.6. The number of carbonyl (C=O) groups is 2. The van der Waals surface area contributed by atoms with Gasteiger partial charge in [-0.25, -0.2) is 17.5 Å². The number of aldehydes is 1. The van der Waals surface area contributed by atoms with Crippen LogP contribution in [-0.2, 0) is 14.8 Å². The van der Waals surface area contributed by atoms with E-state index in [4.69, 9.17) is 0 Å². The Balaban J connectivity index is 1.60. The Hall–Kier alpha value is -3.86. The number of hydrogen-bond donors (Lipinski definition) is 1. The maximum Gasteiger partial charge on any atom is 0.254 e. The lowest BCUT2D eigenvalue weighted by Crippen LogP contribution is -2.38. The van der Waals surface area contributed by atoms with Crippen LogP contribution in [-0.4, -0.2) is 58.5 Å². The number of rotatable bonds is 7. The molecule has 170 valence electrons. The van der Waals surface area contributed by atoms with Crippen LogP contribution in [0.25, 0.3) is 16.6 Å². The molecular weight excluding hydrogens is 449 g/mol. The van der Waals surface area contributed by atoms with Crippen molar-refractivity contribution in [3.8, 4) is 5.69 Å². The SMILES string of the molecule is CS(=O)(=O)N1C=CC([C@H](CC=O)NC(=O)c2cncc3c2cnn3-c2ccc(F)cc2)=CC1. The van der Waals surface area contributed by atoms with Crippen molar-refractivity contribution in [2.45, 2.75) is 12.5 Å². The number of carbonyl (C=O) groups excluding carboxylic acids is 2. The highest BCUT2D eigenvalue weighted by Gasteiger charge is 2.22. The van der Waals surface area contributed by atoms with E-state index < -0.39 is 22.0 Å². The quantitative estimate of drug-likeness (QED) is 0.529. The largest absolute Gasteiger partial charge is 0.345 e. The monoisotopic (exact) mass is 469 g/mol. The van der Waals surface area contributed by atoms with Gasteiger partial charge < -0.3 is 10.1 Å². The summed E-state index contributed by atoms with van der Waals surface area (Å²) in [6.45, 7) is 0.109. The van der Waals surface area contributed by atoms with Crippen LogP contribution >= 0.6 is 0 Å². The molecule has 0 bridgehead atoms. The van der Waals surface area contributed by atoms with Gasteiger partial charge in [-0.3, -0.25) is 14.1 Å². The normalized spacial score (nSPS) is 14.7. The van der Waals surface area contributed by atoms with E-state index >= 15 is 0 Å². The van der Waals surface area contributed by atoms with Gasteiger partial charge in [0.05, 0.1) is 48.0 Å². The first-order chi connectivity index (χ1) is 15.8. The highest BCUT2D eigenvalue weighted by atomic mass is 32.2. The third kappa shape index (κ3) is 4.67. The molecular formula is C22H20FN5O4S. The standard InChI is InChI=1S/C22H20FN5O4S/c1-33(31,32)27-9-6-15(7-10-27)20(8-11-29)26-22(30)19-12-24-14-21-18(19)13-25-28(21)17-4-2-16(23)3-5-17/h2-7,9,11-14,20H,8,10H2,1H3,(H,26,30)/t20-/m0/s1. The summed E-state index contributed by atoms with van der Waals surface area (Å²) < 4.78 is 39.3. The second-order valence-electron chi connectivity index (χ2n) is 7.43. The van der Waals surface area contributed by atoms with Gasteiger partial charge in [-0.1, -0.05) is 6.08 Å². The van der Waals surface area contributed by atoms with Crippen molar-refractivity contribution in [2.24, 2.45) is 0 Å². The smallest absolute Gasteiger partial charge is 0.254 e. The van der Waals surface area contributed by atoms with Crippen LogP contribution in [0.5, 0.6) is 0 Å². The van der Waals surface area contributed by atoms with Crippen molar-refractivity contribution in [3.63, 3.8) is 0 Å². The summed E-state index contributed by atoms with van der Waals surface area (Å²) in [6.07, 6.45) is 10.9. The van der Waals surface area contributed by atoms with Crippen LogP contribution in [0, 0.1) is 5.82 Å². The second kappa shape index (κ2) is 8.94. The summed E-state index contributed by atoms with van der Waals surface area (Å²) in [5.41, 5.74) is 2.05. The lowest BCUT2D eigenvalue weighted by atomic mass is 10.0. The third-order valence-electron chi connectivity index (χ3n) is 5.22. The molecule has 1 amide bonds. The molecule has 0 radical (unpaired) electrons. The van der Waals surface area contributed by atoms with E-state index in [1.807, 2.05) is 0 Å². The molecule has 1 aromatic carbocycles. The fourth-order valence-electron chi connectivity index (χ4n) is 3.52. The van der Waals surface area contributed by atoms with Crippen molar-refractivity contribution in [1.29, 1.82) is 0 Å². The predicted molar refractivity (Wildman–Crippen MR) is 120 cm³/mol. The molecule has 0 unspecified atom stereocenters. The highest BCUT2D eigenvalue weighted by molar-refractivity contribution is 7.88. The Morgan fingerprint density at radius 2 is 2.00 bits per heavy atom. The Morgan fingerprint density at radius 3 is 2.64 bits per heavy atom. The Bertz CT molecular complexity index is 1380. The number of pyridine rings is 1. The van der Waals surface area contributed by atoms with Crippen molar-refractivity contribution < 1.29 is 22.4 Å². The zero-order valence-corrected chi connectivity index (χ0v) is 18.4. The molecule has 1 N–H and O–H groups in total. The first-order valence-electron chi connectivity index (χ1n) is 9.95. The summed E-state index contributed by atoms with van der Waals surface area (Å²) in [6, 6.07) is 5.11. The average molecular weight is 469 g/mol. The molecule has 3 heterocycles. The summed E-state index contributed by atoms with van der Waals surface area (Å²) in [7, 11) is -3.39. The first-order valence-corrected chi connectivity index (χ1v) is 11.8. The predicted octanol–water partition coefficient (Wildman–Crippen LogP) is 1.96. The van der Waals surface area contributed by atoms with Gasteiger partial charge in [0.2, 0.25) is 10.0 Å². The van der Waals surface area contributed by atoms with Crippen LogP contribution in [0.1, 0.15) is 16.8 Å². The number of aromatic nitrogens is 3. The van der Waals surface area contributed by atoms with Crippen LogP contribution in [0.4, 0.5) is 4.39 Å². The van der Waals surface area contributed by atoms with E-state index in [2.05, 4.69) is 15.4 Å². The molecule has 3 aromatic rings. The minimum atomic E-state index is -3.39. The molecule has 11 heteroatoms. The van der Waals surface area contributed by atoms with Gasteiger partial charge in [0.25, 0.3) is 5.91 Å². The lowest BCUT2D eigenvalue weighted by molar-refractivity contribution is -0.108. The number of nitrogens with one attached hydrogen (secondary N) is 1. The number of amides is 1. The van der Waals surface area contributed by atoms with E-state index in [9.17, 15) is 22.4 Å². The molecule has 0 saturated heterocycles. The van der Waals surface area contributed by atoms with Crippen LogP contribution in [0.2, 0.25) is 0 Å². The number of fused-ring (bicyclic) bond motifs is 1. The van der Waals surface area contributed by atoms with Gasteiger partial charge in [0.1, 0.15) is 12.1 Å². The summed E-state index contributed by atoms with van der Waals surface area (Å²) in [4.78, 5) is 28.5. The third-order valence-corrected chi connectivity index (χ3v) is 6.34. The van der Waals surface area contributed by atoms with Crippen molar-refractivity contribution in [1.82, 2.24) is 24.4 Å². The molecule has 0 spiro atoms. The number of benzene rings is 1. The van der Waals surface area contributed by atoms with Gasteiger partial charge in [-0.05, 0) is 35.9 Å². The summed E-state index contributed by atoms with van der Waals surface area (Å²) in [5.74, 6) is -0.834. The van der Waals surface area contributed by atoms with Crippen LogP contribution < -0.4 is 5.32 Å². The maximum atomic E-state index is 13.3. The average Bonchev–Trinajstić information content (AvgIpc) is 3.23. The first kappa shape index (κ1) is 22.3. The fourth-order valence-corrected chi connectivity index (χ4v) is 4.15. The molecule has 0 aliphatic carbocycles. The van der Waals surface area contributed by atoms with Gasteiger partial charge in [0.15, 0.2) is 0 Å². The van der Waals surface area contributed by atoms with E-state index in [1.165, 1.54) is 30.7 Å². The molecule has 9 nitrogen and oxygen atoms in total. The van der Waals surface area contributed by atoms with Crippen LogP contribution in [0.3, 0.4) is 0 Å². The Morgan fingerprint density at radius 1 is 1.24 bits per heavy atom. The molecule has 1 aliphatic rings. The molecule has 1 atom stereocenters. The maximum absolute atomic E-state index is 13.3. The summed E-state index contributed by atoms with van der Waals surface area (Å²) >= 11 is 0. The molecule has 33 heavy (non-hydrogen) atoms. The van der Waals surface area contributed by atoms with Gasteiger partial charge in [-0.2, -0.15) is 5.10 Å². The molecule has 1 aliphatic heterocycles. The topological polar surface area (TPSA) is 114 Å². The Labute approximate surface area is 189 Å². The van der Waals surface area contributed by atoms with Gasteiger partial charge in [0, 0.05) is 24.2 Å². The molecule has 2 aromatic heterocycles. The van der Waals surface area contributed by atoms with Crippen molar-refractivity contribution >= 4 is 33.1 Å². The molecule has 0 fully saturated rings. The van der Waals surface area contributed by atoms with Crippen molar-refractivity contribution in [3.05, 3.63) is 78.2 Å². The number of halogens is 1. The van der Waals surface area contributed by atoms with E-state index in [0.717, 1.165) is 10.6 Å². The minimum Gasteiger partial charge on any atom is -0.345 e. The van der Waals surface area contributed by atoms with Crippen LogP contribution in [0.15, 0.2) is 66.8 Å². The second-order valence-corrected chi connectivity index (χ2v) is 9.37.